The molecule has 23 heavy (non-hydrogen) atoms. The van der Waals surface area contributed by atoms with Crippen LogP contribution in [0.5, 0.6) is 0 Å². The highest BCUT2D eigenvalue weighted by molar-refractivity contribution is 14.0. The van der Waals surface area contributed by atoms with Crippen LogP contribution in [0.25, 0.3) is 0 Å². The van der Waals surface area contributed by atoms with Gasteiger partial charge in [-0.25, -0.2) is 0 Å². The molecule has 0 atom stereocenters. The summed E-state index contributed by atoms with van der Waals surface area (Å²) in [7, 11) is 5.37. The van der Waals surface area contributed by atoms with Gasteiger partial charge in [0.1, 0.15) is 0 Å². The number of rotatable bonds is 5. The summed E-state index contributed by atoms with van der Waals surface area (Å²) >= 11 is 3.56. The lowest BCUT2D eigenvalue weighted by molar-refractivity contribution is -0.128. The van der Waals surface area contributed by atoms with Gasteiger partial charge in [-0.1, -0.05) is 34.1 Å². The van der Waals surface area contributed by atoms with Crippen LogP contribution in [-0.2, 0) is 11.3 Å². The van der Waals surface area contributed by atoms with E-state index < -0.39 is 5.41 Å². The minimum atomic E-state index is -0.501. The molecule has 0 fully saturated rings. The molecule has 0 saturated heterocycles. The number of amides is 1. The molecule has 1 rings (SSSR count). The van der Waals surface area contributed by atoms with E-state index in [1.165, 1.54) is 5.56 Å². The van der Waals surface area contributed by atoms with E-state index in [2.05, 4.69) is 37.6 Å². The zero-order valence-electron chi connectivity index (χ0n) is 14.3. The van der Waals surface area contributed by atoms with Crippen molar-refractivity contribution in [1.29, 1.82) is 0 Å². The molecule has 0 aliphatic heterocycles. The molecule has 0 bridgehead atoms. The fourth-order valence-electron chi connectivity index (χ4n) is 2.06. The van der Waals surface area contributed by atoms with Gasteiger partial charge >= 0.3 is 0 Å². The predicted octanol–water partition coefficient (Wildman–Crippen LogP) is 2.85. The molecule has 1 aromatic carbocycles. The summed E-state index contributed by atoms with van der Waals surface area (Å²) in [6.07, 6.45) is 0. The molecule has 0 spiro atoms. The van der Waals surface area contributed by atoms with Crippen LogP contribution in [-0.4, -0.2) is 44.5 Å². The smallest absolute Gasteiger partial charge is 0.227 e. The molecular weight excluding hydrogens is 471 g/mol. The lowest BCUT2D eigenvalue weighted by Crippen LogP contribution is -2.47. The van der Waals surface area contributed by atoms with Crippen molar-refractivity contribution in [2.45, 2.75) is 20.4 Å². The van der Waals surface area contributed by atoms with Crippen LogP contribution in [0.3, 0.4) is 0 Å². The van der Waals surface area contributed by atoms with E-state index in [0.717, 1.165) is 17.0 Å². The highest BCUT2D eigenvalue weighted by atomic mass is 127. The van der Waals surface area contributed by atoms with Crippen molar-refractivity contribution in [1.82, 2.24) is 15.5 Å². The molecular formula is C16H26BrIN4O. The Bertz CT molecular complexity index is 549. The Hall–Kier alpha value is -0.830. The summed E-state index contributed by atoms with van der Waals surface area (Å²) in [5, 5.41) is 5.95. The van der Waals surface area contributed by atoms with Gasteiger partial charge in [-0.05, 0) is 25.5 Å². The van der Waals surface area contributed by atoms with Gasteiger partial charge in [0.05, 0.1) is 5.41 Å². The number of carbonyl (C=O) groups is 1. The van der Waals surface area contributed by atoms with Crippen LogP contribution in [0, 0.1) is 5.41 Å². The van der Waals surface area contributed by atoms with Gasteiger partial charge in [-0.2, -0.15) is 0 Å². The maximum absolute atomic E-state index is 11.8. The van der Waals surface area contributed by atoms with Crippen molar-refractivity contribution >= 4 is 51.8 Å². The number of guanidine groups is 1. The molecule has 1 amide bonds. The summed E-state index contributed by atoms with van der Waals surface area (Å²) in [6, 6.07) is 8.10. The van der Waals surface area contributed by atoms with Crippen molar-refractivity contribution < 1.29 is 4.79 Å². The van der Waals surface area contributed by atoms with E-state index in [-0.39, 0.29) is 29.9 Å². The van der Waals surface area contributed by atoms with Gasteiger partial charge in [0.2, 0.25) is 5.91 Å². The van der Waals surface area contributed by atoms with E-state index in [1.807, 2.05) is 44.0 Å². The van der Waals surface area contributed by atoms with Gasteiger partial charge in [0, 0.05) is 38.7 Å². The van der Waals surface area contributed by atoms with Crippen molar-refractivity contribution in [3.05, 3.63) is 34.3 Å². The van der Waals surface area contributed by atoms with Crippen LogP contribution in [0.15, 0.2) is 33.7 Å². The molecule has 0 aliphatic carbocycles. The SMILES string of the molecule is CN=C(NCC(C)(C)C(=O)NC)N(C)Cc1ccccc1Br.I. The molecule has 0 radical (unpaired) electrons. The first-order valence-electron chi connectivity index (χ1n) is 7.19. The number of nitrogens with one attached hydrogen (secondary N) is 2. The summed E-state index contributed by atoms with van der Waals surface area (Å²) in [6.45, 7) is 5.04. The Kier molecular flexibility index (Phi) is 9.76. The van der Waals surface area contributed by atoms with Gasteiger partial charge < -0.3 is 15.5 Å². The van der Waals surface area contributed by atoms with Crippen molar-refractivity contribution in [2.75, 3.05) is 27.7 Å². The highest BCUT2D eigenvalue weighted by Crippen LogP contribution is 2.17. The third kappa shape index (κ3) is 6.66. The number of hydrogen-bond donors (Lipinski definition) is 2. The maximum atomic E-state index is 11.8. The average Bonchev–Trinajstić information content (AvgIpc) is 2.49. The number of benzene rings is 1. The van der Waals surface area contributed by atoms with E-state index in [9.17, 15) is 4.79 Å². The molecule has 0 heterocycles. The lowest BCUT2D eigenvalue weighted by Gasteiger charge is -2.27. The van der Waals surface area contributed by atoms with E-state index in [1.54, 1.807) is 14.1 Å². The van der Waals surface area contributed by atoms with Crippen LogP contribution in [0.1, 0.15) is 19.4 Å². The molecule has 2 N–H and O–H groups in total. The maximum Gasteiger partial charge on any atom is 0.227 e. The largest absolute Gasteiger partial charge is 0.359 e. The first kappa shape index (κ1) is 22.2. The second kappa shape index (κ2) is 10.1. The van der Waals surface area contributed by atoms with Crippen LogP contribution >= 0.6 is 39.9 Å². The summed E-state index contributed by atoms with van der Waals surface area (Å²) in [5.41, 5.74) is 0.678. The molecule has 0 unspecified atom stereocenters. The number of hydrogen-bond acceptors (Lipinski definition) is 2. The monoisotopic (exact) mass is 496 g/mol. The van der Waals surface area contributed by atoms with E-state index in [0.29, 0.717) is 6.54 Å². The molecule has 5 nitrogen and oxygen atoms in total. The van der Waals surface area contributed by atoms with Gasteiger partial charge in [0.15, 0.2) is 5.96 Å². The summed E-state index contributed by atoms with van der Waals surface area (Å²) in [4.78, 5) is 18.1. The third-order valence-electron chi connectivity index (χ3n) is 3.47. The number of aliphatic imine (C=N–C) groups is 1. The lowest BCUT2D eigenvalue weighted by atomic mass is 9.92. The highest BCUT2D eigenvalue weighted by Gasteiger charge is 2.27. The average molecular weight is 497 g/mol. The summed E-state index contributed by atoms with van der Waals surface area (Å²) < 4.78 is 1.07. The minimum Gasteiger partial charge on any atom is -0.359 e. The standard InChI is InChI=1S/C16H25BrN4O.HI/c1-16(2,14(22)18-3)11-20-15(19-4)21(5)10-12-8-6-7-9-13(12)17;/h6-9H,10-11H2,1-5H3,(H,18,22)(H,19,20);1H. The number of carbonyl (C=O) groups excluding carboxylic acids is 1. The normalized spacial score (nSPS) is 11.5. The van der Waals surface area contributed by atoms with Crippen molar-refractivity contribution in [3.8, 4) is 0 Å². The topological polar surface area (TPSA) is 56.7 Å². The fourth-order valence-corrected chi connectivity index (χ4v) is 2.47. The quantitative estimate of drug-likeness (QED) is 0.374. The van der Waals surface area contributed by atoms with E-state index in [4.69, 9.17) is 0 Å². The first-order chi connectivity index (χ1) is 10.3. The number of halogens is 2. The molecule has 0 aliphatic rings. The number of nitrogens with zero attached hydrogens (tertiary/aromatic N) is 2. The molecule has 0 saturated carbocycles. The van der Waals surface area contributed by atoms with Crippen molar-refractivity contribution in [2.24, 2.45) is 10.4 Å². The zero-order valence-corrected chi connectivity index (χ0v) is 18.2. The Morgan fingerprint density at radius 2 is 1.96 bits per heavy atom. The zero-order chi connectivity index (χ0) is 16.8. The van der Waals surface area contributed by atoms with Crippen LogP contribution < -0.4 is 10.6 Å². The summed E-state index contributed by atoms with van der Waals surface area (Å²) in [5.74, 6) is 0.761. The Morgan fingerprint density at radius 3 is 2.48 bits per heavy atom. The minimum absolute atomic E-state index is 0. The van der Waals surface area contributed by atoms with E-state index >= 15 is 0 Å². The Balaban J connectivity index is 0.00000484. The van der Waals surface area contributed by atoms with Gasteiger partial charge in [-0.3, -0.25) is 9.79 Å². The second-order valence-electron chi connectivity index (χ2n) is 5.81. The molecule has 7 heteroatoms. The predicted molar refractivity (Wildman–Crippen MR) is 110 cm³/mol. The van der Waals surface area contributed by atoms with Crippen LogP contribution in [0.4, 0.5) is 0 Å². The second-order valence-corrected chi connectivity index (χ2v) is 6.67. The van der Waals surface area contributed by atoms with Gasteiger partial charge in [0.25, 0.3) is 0 Å². The first-order valence-corrected chi connectivity index (χ1v) is 7.98. The van der Waals surface area contributed by atoms with Gasteiger partial charge in [-0.15, -0.1) is 24.0 Å². The molecule has 1 aromatic rings. The fraction of sp³-hybridized carbons (Fsp3) is 0.500. The Morgan fingerprint density at radius 1 is 1.35 bits per heavy atom. The Labute approximate surface area is 164 Å². The molecule has 130 valence electrons. The van der Waals surface area contributed by atoms with Crippen LogP contribution in [0.2, 0.25) is 0 Å². The third-order valence-corrected chi connectivity index (χ3v) is 4.24. The van der Waals surface area contributed by atoms with Crippen molar-refractivity contribution in [3.63, 3.8) is 0 Å². The molecule has 0 aromatic heterocycles.